The number of nitrogens with one attached hydrogen (secondary N) is 2. The summed E-state index contributed by atoms with van der Waals surface area (Å²) in [6.45, 7) is 17.4. The van der Waals surface area contributed by atoms with Crippen molar-refractivity contribution in [1.82, 2.24) is 0 Å². The van der Waals surface area contributed by atoms with Gasteiger partial charge in [0.1, 0.15) is 6.42 Å². The van der Waals surface area contributed by atoms with Gasteiger partial charge in [-0.05, 0) is 13.3 Å². The van der Waals surface area contributed by atoms with Crippen LogP contribution in [0, 0.1) is 30.9 Å². The molecule has 0 bridgehead atoms. The van der Waals surface area contributed by atoms with Crippen LogP contribution >= 0.6 is 0 Å². The first-order valence-corrected chi connectivity index (χ1v) is 6.90. The number of carbonyl (C=O) groups excluding carboxylic acids is 2. The molecule has 0 atom stereocenters. The van der Waals surface area contributed by atoms with Crippen LogP contribution in [0.1, 0.15) is 38.2 Å². The van der Waals surface area contributed by atoms with Gasteiger partial charge in [0.15, 0.2) is 0 Å². The van der Waals surface area contributed by atoms with E-state index in [1.54, 1.807) is 0 Å². The summed E-state index contributed by atoms with van der Waals surface area (Å²) in [5.74, 6) is 0. The third-order valence-electron chi connectivity index (χ3n) is 2.30. The summed E-state index contributed by atoms with van der Waals surface area (Å²) in [6.07, 6.45) is 5.16. The summed E-state index contributed by atoms with van der Waals surface area (Å²) in [6, 6.07) is 10.3. The minimum atomic E-state index is -0.411. The molecule has 0 aliphatic rings. The molecule has 0 spiro atoms. The Labute approximate surface area is 137 Å². The Balaban J connectivity index is -0.000000266. The molecule has 0 saturated carbocycles. The van der Waals surface area contributed by atoms with Gasteiger partial charge < -0.3 is 0 Å². The van der Waals surface area contributed by atoms with E-state index >= 15 is 0 Å². The lowest BCUT2D eigenvalue weighted by molar-refractivity contribution is 0.562. The lowest BCUT2D eigenvalue weighted by Gasteiger charge is -1.91. The van der Waals surface area contributed by atoms with Crippen molar-refractivity contribution in [2.75, 3.05) is 0 Å². The van der Waals surface area contributed by atoms with Crippen molar-refractivity contribution in [3.8, 4) is 0 Å². The van der Waals surface area contributed by atoms with Gasteiger partial charge in [0.25, 0.3) is 0 Å². The van der Waals surface area contributed by atoms with Gasteiger partial charge in [0.2, 0.25) is 12.2 Å². The first kappa shape index (κ1) is 24.9. The molecule has 0 amide bonds. The van der Waals surface area contributed by atoms with Crippen molar-refractivity contribution in [1.29, 1.82) is 10.8 Å². The van der Waals surface area contributed by atoms with E-state index in [0.717, 1.165) is 37.8 Å². The fraction of sp³-hybridized carbons (Fsp3) is 0.412. The number of hydrogen-bond donors (Lipinski definition) is 2. The third-order valence-corrected chi connectivity index (χ3v) is 2.30. The summed E-state index contributed by atoms with van der Waals surface area (Å²) in [5.41, 5.74) is 1.32. The van der Waals surface area contributed by atoms with Gasteiger partial charge in [0, 0.05) is 0 Å². The van der Waals surface area contributed by atoms with Gasteiger partial charge >= 0.3 is 6.17 Å². The molecule has 0 saturated heterocycles. The highest BCUT2D eigenvalue weighted by Gasteiger charge is 2.12. The molecule has 122 valence electrons. The molecule has 0 aliphatic heterocycles. The maximum Gasteiger partial charge on any atom is 0.474 e. The van der Waals surface area contributed by atoms with Crippen molar-refractivity contribution in [3.63, 3.8) is 0 Å². The highest BCUT2D eigenvalue weighted by atomic mass is 16.1. The monoisotopic (exact) mass is 314 g/mol. The number of hydrogen-bond acceptors (Lipinski definition) is 4. The van der Waals surface area contributed by atoms with Gasteiger partial charge in [0.05, 0.1) is 0 Å². The Hall–Kier alpha value is -3.04. The zero-order chi connectivity index (χ0) is 18.3. The van der Waals surface area contributed by atoms with Crippen LogP contribution in [0.25, 0.3) is 9.69 Å². The van der Waals surface area contributed by atoms with Gasteiger partial charge in [-0.3, -0.25) is 0 Å². The second kappa shape index (κ2) is 24.0. The van der Waals surface area contributed by atoms with Crippen LogP contribution in [0.5, 0.6) is 0 Å². The number of aryl methyl sites for hydroxylation is 1. The van der Waals surface area contributed by atoms with E-state index in [1.807, 2.05) is 18.2 Å². The predicted octanol–water partition coefficient (Wildman–Crippen LogP) is 4.53. The Bertz CT molecular complexity index is 492. The molecule has 0 unspecified atom stereocenters. The number of benzene rings is 1. The predicted molar refractivity (Wildman–Crippen MR) is 89.1 cm³/mol. The molecule has 0 aliphatic carbocycles. The first-order valence-electron chi connectivity index (χ1n) is 6.90. The molecule has 2 N–H and O–H groups in total. The molecule has 0 heterocycles. The molecule has 0 radical (unpaired) electrons. The minimum Gasteiger partial charge on any atom is -0.233 e. The SMILES string of the molecule is Cc1ccccc1.N=C=O.N=C=O.[C-]#[N+]C(CCCCC)[N+]#[C-]. The van der Waals surface area contributed by atoms with Crippen molar-refractivity contribution < 1.29 is 9.59 Å². The first-order chi connectivity index (χ1) is 11.1. The van der Waals surface area contributed by atoms with E-state index in [1.165, 1.54) is 5.56 Å². The molecule has 0 fully saturated rings. The number of rotatable bonds is 4. The molecule has 1 aromatic carbocycles. The van der Waals surface area contributed by atoms with Crippen LogP contribution in [0.4, 0.5) is 0 Å². The van der Waals surface area contributed by atoms with Crippen molar-refractivity contribution in [3.05, 3.63) is 58.7 Å². The van der Waals surface area contributed by atoms with Crippen LogP contribution in [-0.2, 0) is 9.59 Å². The van der Waals surface area contributed by atoms with E-state index in [0.29, 0.717) is 0 Å². The largest absolute Gasteiger partial charge is 0.474 e. The summed E-state index contributed by atoms with van der Waals surface area (Å²) in [4.78, 5) is 23.0. The molecule has 1 aromatic rings. The van der Waals surface area contributed by atoms with E-state index in [9.17, 15) is 0 Å². The number of nitrogens with zero attached hydrogens (tertiary/aromatic N) is 2. The van der Waals surface area contributed by atoms with Crippen LogP contribution in [-0.4, -0.2) is 18.3 Å². The average Bonchev–Trinajstić information content (AvgIpc) is 2.55. The summed E-state index contributed by atoms with van der Waals surface area (Å²) in [7, 11) is 0. The Kier molecular flexibility index (Phi) is 26.0. The highest BCUT2D eigenvalue weighted by molar-refractivity contribution is 5.26. The van der Waals surface area contributed by atoms with Gasteiger partial charge in [-0.2, -0.15) is 0 Å². The second-order valence-electron chi connectivity index (χ2n) is 4.09. The van der Waals surface area contributed by atoms with Crippen LogP contribution < -0.4 is 0 Å². The van der Waals surface area contributed by atoms with E-state index in [4.69, 9.17) is 33.6 Å². The van der Waals surface area contributed by atoms with E-state index < -0.39 is 6.17 Å². The highest BCUT2D eigenvalue weighted by Crippen LogP contribution is 2.06. The average molecular weight is 314 g/mol. The zero-order valence-corrected chi connectivity index (χ0v) is 13.5. The Morgan fingerprint density at radius 3 is 1.74 bits per heavy atom. The molecule has 0 aromatic heterocycles. The number of isocyanates is 2. The lowest BCUT2D eigenvalue weighted by atomic mass is 10.2. The fourth-order valence-electron chi connectivity index (χ4n) is 1.27. The standard InChI is InChI=1S/C8H12N2.C7H8.2CHNO/c1-4-5-6-7-8(9-2)10-3;1-7-5-3-2-4-6-7;2*2-1-3/h8H,4-7H2,1H3;2-6H,1H3;2*2H. The van der Waals surface area contributed by atoms with Gasteiger partial charge in [-0.15, -0.1) is 0 Å². The molecule has 6 nitrogen and oxygen atoms in total. The fourth-order valence-corrected chi connectivity index (χ4v) is 1.27. The molecular weight excluding hydrogens is 292 g/mol. The molecular formula is C17H22N4O2. The quantitative estimate of drug-likeness (QED) is 0.370. The second-order valence-corrected chi connectivity index (χ2v) is 4.09. The van der Waals surface area contributed by atoms with Crippen molar-refractivity contribution >= 4 is 12.2 Å². The van der Waals surface area contributed by atoms with Gasteiger partial charge in [-0.25, -0.2) is 43.2 Å². The van der Waals surface area contributed by atoms with E-state index in [-0.39, 0.29) is 0 Å². The van der Waals surface area contributed by atoms with Crippen LogP contribution in [0.2, 0.25) is 0 Å². The zero-order valence-electron chi connectivity index (χ0n) is 13.5. The normalized spacial score (nSPS) is 7.17. The smallest absolute Gasteiger partial charge is 0.233 e. The van der Waals surface area contributed by atoms with E-state index in [2.05, 4.69) is 35.7 Å². The maximum atomic E-state index is 8.35. The summed E-state index contributed by atoms with van der Waals surface area (Å²) >= 11 is 0. The Morgan fingerprint density at radius 1 is 1.04 bits per heavy atom. The summed E-state index contributed by atoms with van der Waals surface area (Å²) in [5, 5.41) is 10.8. The van der Waals surface area contributed by atoms with Crippen molar-refractivity contribution in [2.24, 2.45) is 0 Å². The topological polar surface area (TPSA) is 90.6 Å². The minimum absolute atomic E-state index is 0.411. The van der Waals surface area contributed by atoms with Crippen molar-refractivity contribution in [2.45, 2.75) is 45.7 Å². The van der Waals surface area contributed by atoms with Crippen LogP contribution in [0.3, 0.4) is 0 Å². The maximum absolute atomic E-state index is 8.35. The third kappa shape index (κ3) is 28.0. The van der Waals surface area contributed by atoms with Crippen LogP contribution in [0.15, 0.2) is 30.3 Å². The molecule has 1 rings (SSSR count). The lowest BCUT2D eigenvalue weighted by Crippen LogP contribution is -1.92. The molecule has 23 heavy (non-hydrogen) atoms. The molecule has 6 heteroatoms. The summed E-state index contributed by atoms with van der Waals surface area (Å²) < 4.78 is 0. The Morgan fingerprint density at radius 2 is 1.48 bits per heavy atom. The van der Waals surface area contributed by atoms with Gasteiger partial charge in [-0.1, -0.05) is 55.7 Å². The number of unbranched alkanes of at least 4 members (excludes halogenated alkanes) is 2.